The van der Waals surface area contributed by atoms with E-state index in [1.54, 1.807) is 36.4 Å². The molecule has 0 unspecified atom stereocenters. The lowest BCUT2D eigenvalue weighted by Crippen LogP contribution is -2.68. The zero-order valence-electron chi connectivity index (χ0n) is 18.7. The maximum absolute atomic E-state index is 13.0. The highest BCUT2D eigenvalue weighted by atomic mass is 32.2. The molecule has 2 aliphatic heterocycles. The van der Waals surface area contributed by atoms with E-state index in [9.17, 15) is 18.3 Å². The first kappa shape index (κ1) is 21.9. The van der Waals surface area contributed by atoms with Crippen molar-refractivity contribution in [3.8, 4) is 5.75 Å². The number of fused-ring (bicyclic) bond motifs is 4. The van der Waals surface area contributed by atoms with E-state index < -0.39 is 21.5 Å². The number of sulfonamides is 1. The Balaban J connectivity index is 1.66. The van der Waals surface area contributed by atoms with Crippen LogP contribution in [0.4, 0.5) is 0 Å². The zero-order valence-corrected chi connectivity index (χ0v) is 19.5. The highest BCUT2D eigenvalue weighted by Gasteiger charge is 2.56. The predicted molar refractivity (Wildman–Crippen MR) is 123 cm³/mol. The van der Waals surface area contributed by atoms with Crippen molar-refractivity contribution in [3.05, 3.63) is 59.5 Å². The van der Waals surface area contributed by atoms with Gasteiger partial charge in [0.2, 0.25) is 10.0 Å². The molecule has 1 aromatic carbocycles. The first-order valence-electron chi connectivity index (χ1n) is 10.6. The summed E-state index contributed by atoms with van der Waals surface area (Å²) >= 11 is 0. The number of rotatable bonds is 4. The molecule has 1 spiro atoms. The quantitative estimate of drug-likeness (QED) is 0.616. The molecule has 174 valence electrons. The topological polar surface area (TPSA) is 105 Å². The van der Waals surface area contributed by atoms with Gasteiger partial charge >= 0.3 is 0 Å². The number of nitrogens with zero attached hydrogens (tertiary/aromatic N) is 4. The molecule has 2 aromatic heterocycles. The lowest BCUT2D eigenvalue weighted by Gasteiger charge is -2.55. The summed E-state index contributed by atoms with van der Waals surface area (Å²) in [6.07, 6.45) is 2.74. The van der Waals surface area contributed by atoms with Crippen LogP contribution in [0.1, 0.15) is 27.8 Å². The van der Waals surface area contributed by atoms with Crippen molar-refractivity contribution in [2.24, 2.45) is 7.05 Å². The monoisotopic (exact) mass is 470 g/mol. The largest absolute Gasteiger partial charge is 0.497 e. The van der Waals surface area contributed by atoms with E-state index in [0.717, 1.165) is 28.4 Å². The van der Waals surface area contributed by atoms with Crippen LogP contribution in [0.25, 0.3) is 10.9 Å². The van der Waals surface area contributed by atoms with E-state index in [1.165, 1.54) is 4.31 Å². The number of methoxy groups -OCH3 is 1. The van der Waals surface area contributed by atoms with Gasteiger partial charge in [-0.2, -0.15) is 4.31 Å². The van der Waals surface area contributed by atoms with E-state index in [1.807, 2.05) is 29.8 Å². The summed E-state index contributed by atoms with van der Waals surface area (Å²) in [5.74, 6) is 0.510. The number of aliphatic hydroxyl groups is 1. The third kappa shape index (κ3) is 3.24. The Bertz CT molecular complexity index is 1350. The Hall–Kier alpha value is -2.95. The number of ether oxygens (including phenoxy) is 1. The van der Waals surface area contributed by atoms with Crippen molar-refractivity contribution in [2.45, 2.75) is 11.5 Å². The summed E-state index contributed by atoms with van der Waals surface area (Å²) in [5.41, 5.74) is 2.41. The summed E-state index contributed by atoms with van der Waals surface area (Å²) < 4.78 is 34.2. The predicted octanol–water partition coefficient (Wildman–Crippen LogP) is 1.28. The molecule has 9 nitrogen and oxygen atoms in total. The molecule has 1 atom stereocenters. The molecule has 1 amide bonds. The van der Waals surface area contributed by atoms with Crippen LogP contribution < -0.4 is 4.74 Å². The van der Waals surface area contributed by atoms with Gasteiger partial charge in [0.1, 0.15) is 11.4 Å². The number of carbonyl (C=O) groups excluding carboxylic acids is 1. The van der Waals surface area contributed by atoms with Gasteiger partial charge in [-0.25, -0.2) is 8.42 Å². The van der Waals surface area contributed by atoms with Crippen LogP contribution in [0.2, 0.25) is 0 Å². The van der Waals surface area contributed by atoms with Gasteiger partial charge in [-0.15, -0.1) is 0 Å². The Morgan fingerprint density at radius 2 is 2.00 bits per heavy atom. The first-order valence-corrected chi connectivity index (χ1v) is 12.5. The fourth-order valence-corrected chi connectivity index (χ4v) is 6.51. The van der Waals surface area contributed by atoms with Gasteiger partial charge in [0.25, 0.3) is 5.91 Å². The third-order valence-corrected chi connectivity index (χ3v) is 8.10. The van der Waals surface area contributed by atoms with Gasteiger partial charge in [-0.1, -0.05) is 6.07 Å². The van der Waals surface area contributed by atoms with Crippen LogP contribution in [0.5, 0.6) is 5.75 Å². The van der Waals surface area contributed by atoms with Crippen LogP contribution in [0.3, 0.4) is 0 Å². The average Bonchev–Trinajstić information content (AvgIpc) is 3.08. The minimum absolute atomic E-state index is 0.181. The molecule has 33 heavy (non-hydrogen) atoms. The van der Waals surface area contributed by atoms with Crippen molar-refractivity contribution in [3.63, 3.8) is 0 Å². The molecule has 3 aromatic rings. The highest BCUT2D eigenvalue weighted by molar-refractivity contribution is 7.88. The van der Waals surface area contributed by atoms with Crippen molar-refractivity contribution in [1.82, 2.24) is 18.8 Å². The summed E-state index contributed by atoms with van der Waals surface area (Å²) in [6.45, 7) is 0.588. The van der Waals surface area contributed by atoms with Crippen LogP contribution in [0.15, 0.2) is 42.6 Å². The molecule has 1 saturated heterocycles. The standard InChI is InChI=1S/C23H26N4O5S/c1-25-18-10-15(32-2)7-8-16(18)20-21(25)19(11-28)27(33(3,30)31)14-23(20)12-26(13-23)22(29)17-6-4-5-9-24-17/h4-10,19,28H,11-14H2,1-3H3/t19-/m0/s1. The van der Waals surface area contributed by atoms with Gasteiger partial charge in [0.15, 0.2) is 0 Å². The normalized spacial score (nSPS) is 20.0. The molecule has 10 heteroatoms. The summed E-state index contributed by atoms with van der Waals surface area (Å²) in [5, 5.41) is 11.2. The Morgan fingerprint density at radius 1 is 1.24 bits per heavy atom. The van der Waals surface area contributed by atoms with Crippen molar-refractivity contribution < 1.29 is 23.1 Å². The summed E-state index contributed by atoms with van der Waals surface area (Å²) in [7, 11) is -0.144. The molecule has 1 N–H and O–H groups in total. The number of pyridine rings is 1. The number of aryl methyl sites for hydroxylation is 1. The average molecular weight is 471 g/mol. The maximum atomic E-state index is 13.0. The lowest BCUT2D eigenvalue weighted by molar-refractivity contribution is 0.0204. The Kier molecular flexibility index (Phi) is 5.00. The molecular formula is C23H26N4O5S. The van der Waals surface area contributed by atoms with E-state index in [0.29, 0.717) is 24.5 Å². The van der Waals surface area contributed by atoms with E-state index in [2.05, 4.69) is 4.98 Å². The fourth-order valence-electron chi connectivity index (χ4n) is 5.40. The molecule has 1 fully saturated rings. The van der Waals surface area contributed by atoms with Crippen molar-refractivity contribution in [2.75, 3.05) is 39.6 Å². The fraction of sp³-hybridized carbons (Fsp3) is 0.391. The van der Waals surface area contributed by atoms with Gasteiger partial charge in [-0.05, 0) is 29.8 Å². The molecule has 0 saturated carbocycles. The molecule has 2 aliphatic rings. The van der Waals surface area contributed by atoms with Gasteiger partial charge in [0.05, 0.1) is 31.5 Å². The number of benzene rings is 1. The maximum Gasteiger partial charge on any atom is 0.272 e. The summed E-state index contributed by atoms with van der Waals surface area (Å²) in [4.78, 5) is 18.9. The van der Waals surface area contributed by atoms with Crippen LogP contribution in [-0.4, -0.2) is 77.8 Å². The molecular weight excluding hydrogens is 444 g/mol. The Labute approximate surface area is 192 Å². The summed E-state index contributed by atoms with van der Waals surface area (Å²) in [6, 6.07) is 10.3. The molecule has 0 radical (unpaired) electrons. The first-order chi connectivity index (χ1) is 15.7. The number of carbonyl (C=O) groups is 1. The van der Waals surface area contributed by atoms with Gasteiger partial charge in [0, 0.05) is 55.4 Å². The molecule has 0 aliphatic carbocycles. The molecule has 0 bridgehead atoms. The molecule has 4 heterocycles. The zero-order chi connectivity index (χ0) is 23.5. The van der Waals surface area contributed by atoms with Crippen molar-refractivity contribution >= 4 is 26.8 Å². The smallest absolute Gasteiger partial charge is 0.272 e. The van der Waals surface area contributed by atoms with Gasteiger partial charge in [-0.3, -0.25) is 9.78 Å². The number of likely N-dealkylation sites (tertiary alicyclic amines) is 1. The Morgan fingerprint density at radius 3 is 2.61 bits per heavy atom. The number of amides is 1. The highest BCUT2D eigenvalue weighted by Crippen LogP contribution is 2.50. The number of hydrogen-bond acceptors (Lipinski definition) is 6. The van der Waals surface area contributed by atoms with E-state index in [-0.39, 0.29) is 19.1 Å². The minimum Gasteiger partial charge on any atom is -0.497 e. The SMILES string of the molecule is COc1ccc2c3c(n(C)c2c1)[C@H](CO)N(S(C)(=O)=O)CC31CN(C(=O)c2ccccn2)C1. The van der Waals surface area contributed by atoms with Crippen LogP contribution in [-0.2, 0) is 22.5 Å². The second-order valence-corrected chi connectivity index (χ2v) is 10.8. The van der Waals surface area contributed by atoms with E-state index >= 15 is 0 Å². The minimum atomic E-state index is -3.61. The lowest BCUT2D eigenvalue weighted by atomic mass is 9.69. The van der Waals surface area contributed by atoms with Crippen LogP contribution in [0, 0.1) is 0 Å². The second kappa shape index (κ2) is 7.54. The third-order valence-electron chi connectivity index (χ3n) is 6.86. The number of aromatic nitrogens is 2. The molecule has 5 rings (SSSR count). The second-order valence-electron chi connectivity index (χ2n) is 8.87. The van der Waals surface area contributed by atoms with E-state index in [4.69, 9.17) is 4.74 Å². The number of aliphatic hydroxyl groups excluding tert-OH is 1. The number of hydrogen-bond donors (Lipinski definition) is 1. The van der Waals surface area contributed by atoms with Crippen molar-refractivity contribution in [1.29, 1.82) is 0 Å². The van der Waals surface area contributed by atoms with Crippen LogP contribution >= 0.6 is 0 Å². The van der Waals surface area contributed by atoms with Gasteiger partial charge < -0.3 is 19.3 Å².